The van der Waals surface area contributed by atoms with Gasteiger partial charge in [-0.1, -0.05) is 15.9 Å². The summed E-state index contributed by atoms with van der Waals surface area (Å²) < 4.78 is 53.5. The summed E-state index contributed by atoms with van der Waals surface area (Å²) in [6, 6.07) is 9.55. The van der Waals surface area contributed by atoms with E-state index in [2.05, 4.69) is 20.7 Å². The molecule has 0 saturated carbocycles. The summed E-state index contributed by atoms with van der Waals surface area (Å²) in [4.78, 5) is 2.06. The predicted octanol–water partition coefficient (Wildman–Crippen LogP) is 3.26. The normalized spacial score (nSPS) is 14.0. The average molecular weight is 433 g/mol. The van der Waals surface area contributed by atoms with Gasteiger partial charge in [0.15, 0.2) is 0 Å². The van der Waals surface area contributed by atoms with Crippen LogP contribution < -0.4 is 14.8 Å². The van der Waals surface area contributed by atoms with Crippen LogP contribution in [0.5, 0.6) is 5.75 Å². The standard InChI is InChI=1S/C16H15BrF2N2O3S/c17-12-1-4-15(24-16(18)19)11(7-12)9-21-6-5-10-8-13(25(20,22)23)2-3-14(10)21/h1-4,7-8,16H,5-6,9H2,(H2,20,22,23). The van der Waals surface area contributed by atoms with E-state index in [9.17, 15) is 17.2 Å². The maximum Gasteiger partial charge on any atom is 0.387 e. The van der Waals surface area contributed by atoms with Gasteiger partial charge >= 0.3 is 6.61 Å². The summed E-state index contributed by atoms with van der Waals surface area (Å²) >= 11 is 3.33. The van der Waals surface area contributed by atoms with Crippen molar-refractivity contribution in [3.63, 3.8) is 0 Å². The van der Waals surface area contributed by atoms with Crippen molar-refractivity contribution in [2.24, 2.45) is 5.14 Å². The van der Waals surface area contributed by atoms with Crippen molar-refractivity contribution in [1.29, 1.82) is 0 Å². The van der Waals surface area contributed by atoms with Crippen LogP contribution in [0.25, 0.3) is 0 Å². The molecule has 0 unspecified atom stereocenters. The number of fused-ring (bicyclic) bond motifs is 1. The van der Waals surface area contributed by atoms with Crippen LogP contribution in [0.3, 0.4) is 0 Å². The Balaban J connectivity index is 1.89. The highest BCUT2D eigenvalue weighted by Crippen LogP contribution is 2.33. The Kier molecular flexibility index (Phi) is 4.99. The Labute approximate surface area is 152 Å². The van der Waals surface area contributed by atoms with E-state index in [4.69, 9.17) is 5.14 Å². The van der Waals surface area contributed by atoms with Crippen LogP contribution in [0, 0.1) is 0 Å². The first kappa shape index (κ1) is 18.1. The lowest BCUT2D eigenvalue weighted by atomic mass is 10.1. The molecule has 0 bridgehead atoms. The fourth-order valence-electron chi connectivity index (χ4n) is 2.88. The zero-order valence-corrected chi connectivity index (χ0v) is 15.4. The van der Waals surface area contributed by atoms with Gasteiger partial charge in [0.25, 0.3) is 0 Å². The van der Waals surface area contributed by atoms with Crippen LogP contribution in [-0.2, 0) is 23.0 Å². The Hall–Kier alpha value is -1.71. The van der Waals surface area contributed by atoms with Gasteiger partial charge in [0, 0.05) is 28.8 Å². The number of benzene rings is 2. The van der Waals surface area contributed by atoms with Crippen molar-refractivity contribution in [2.45, 2.75) is 24.5 Å². The maximum atomic E-state index is 12.6. The summed E-state index contributed by atoms with van der Waals surface area (Å²) in [5.74, 6) is 0.118. The molecule has 0 fully saturated rings. The first-order valence-corrected chi connectivity index (χ1v) is 9.72. The quantitative estimate of drug-likeness (QED) is 0.786. The molecule has 1 aliphatic heterocycles. The van der Waals surface area contributed by atoms with Gasteiger partial charge in [-0.3, -0.25) is 0 Å². The van der Waals surface area contributed by atoms with Gasteiger partial charge in [-0.25, -0.2) is 13.6 Å². The monoisotopic (exact) mass is 432 g/mol. The van der Waals surface area contributed by atoms with E-state index in [1.165, 1.54) is 12.1 Å². The topological polar surface area (TPSA) is 72.6 Å². The van der Waals surface area contributed by atoms with Crippen LogP contribution >= 0.6 is 15.9 Å². The number of hydrogen-bond acceptors (Lipinski definition) is 4. The van der Waals surface area contributed by atoms with Gasteiger partial charge in [0.1, 0.15) is 5.75 Å². The molecule has 0 radical (unpaired) electrons. The van der Waals surface area contributed by atoms with Crippen LogP contribution in [-0.4, -0.2) is 21.6 Å². The molecule has 9 heteroatoms. The number of sulfonamides is 1. The highest BCUT2D eigenvalue weighted by molar-refractivity contribution is 9.10. The third kappa shape index (κ3) is 4.10. The molecule has 0 atom stereocenters. The molecule has 0 aromatic heterocycles. The second-order valence-corrected chi connectivity index (χ2v) is 8.11. The molecular weight excluding hydrogens is 418 g/mol. The molecule has 2 aromatic carbocycles. The Morgan fingerprint density at radius 2 is 2.00 bits per heavy atom. The molecule has 1 aliphatic rings. The van der Waals surface area contributed by atoms with E-state index in [1.807, 2.05) is 4.90 Å². The van der Waals surface area contributed by atoms with Gasteiger partial charge < -0.3 is 9.64 Å². The van der Waals surface area contributed by atoms with E-state index in [-0.39, 0.29) is 10.6 Å². The first-order valence-electron chi connectivity index (χ1n) is 7.38. The number of anilines is 1. The molecule has 2 N–H and O–H groups in total. The molecule has 0 spiro atoms. The lowest BCUT2D eigenvalue weighted by Crippen LogP contribution is -2.20. The first-order chi connectivity index (χ1) is 11.7. The van der Waals surface area contributed by atoms with Crippen LogP contribution in [0.15, 0.2) is 45.8 Å². The second-order valence-electron chi connectivity index (χ2n) is 5.64. The van der Waals surface area contributed by atoms with E-state index in [1.54, 1.807) is 24.3 Å². The highest BCUT2D eigenvalue weighted by Gasteiger charge is 2.23. The number of ether oxygens (including phenoxy) is 1. The summed E-state index contributed by atoms with van der Waals surface area (Å²) in [7, 11) is -3.75. The molecular formula is C16H15BrF2N2O3S. The van der Waals surface area contributed by atoms with E-state index in [0.29, 0.717) is 25.1 Å². The smallest absolute Gasteiger partial charge is 0.387 e. The van der Waals surface area contributed by atoms with Gasteiger partial charge in [0.05, 0.1) is 4.90 Å². The largest absolute Gasteiger partial charge is 0.434 e. The average Bonchev–Trinajstić information content (AvgIpc) is 2.91. The number of alkyl halides is 2. The molecule has 3 rings (SSSR count). The molecule has 0 saturated heterocycles. The number of rotatable bonds is 5. The molecule has 5 nitrogen and oxygen atoms in total. The fraction of sp³-hybridized carbons (Fsp3) is 0.250. The second kappa shape index (κ2) is 6.89. The Morgan fingerprint density at radius 3 is 2.68 bits per heavy atom. The van der Waals surface area contributed by atoms with Crippen molar-refractivity contribution >= 4 is 31.6 Å². The van der Waals surface area contributed by atoms with Crippen molar-refractivity contribution < 1.29 is 21.9 Å². The number of halogens is 3. The van der Waals surface area contributed by atoms with Crippen molar-refractivity contribution in [3.8, 4) is 5.75 Å². The predicted molar refractivity (Wildman–Crippen MR) is 93.3 cm³/mol. The minimum absolute atomic E-state index is 0.0669. The lowest BCUT2D eigenvalue weighted by Gasteiger charge is -2.21. The van der Waals surface area contributed by atoms with E-state index < -0.39 is 16.6 Å². The lowest BCUT2D eigenvalue weighted by molar-refractivity contribution is -0.0504. The molecule has 0 amide bonds. The van der Waals surface area contributed by atoms with E-state index >= 15 is 0 Å². The third-order valence-corrected chi connectivity index (χ3v) is 5.38. The Morgan fingerprint density at radius 1 is 1.24 bits per heavy atom. The number of primary sulfonamides is 1. The molecule has 0 aliphatic carbocycles. The summed E-state index contributed by atoms with van der Waals surface area (Å²) in [6.45, 7) is -1.89. The number of nitrogens with zero attached hydrogens (tertiary/aromatic N) is 1. The van der Waals surface area contributed by atoms with Crippen LogP contribution in [0.2, 0.25) is 0 Å². The minimum atomic E-state index is -3.75. The van der Waals surface area contributed by atoms with Crippen LogP contribution in [0.4, 0.5) is 14.5 Å². The Bertz CT molecular complexity index is 906. The fourth-order valence-corrected chi connectivity index (χ4v) is 3.85. The number of hydrogen-bond donors (Lipinski definition) is 1. The minimum Gasteiger partial charge on any atom is -0.434 e. The van der Waals surface area contributed by atoms with E-state index in [0.717, 1.165) is 15.7 Å². The summed E-state index contributed by atoms with van der Waals surface area (Å²) in [6.07, 6.45) is 0.651. The van der Waals surface area contributed by atoms with Crippen LogP contribution in [0.1, 0.15) is 11.1 Å². The van der Waals surface area contributed by atoms with Gasteiger partial charge in [-0.15, -0.1) is 0 Å². The highest BCUT2D eigenvalue weighted by atomic mass is 79.9. The third-order valence-electron chi connectivity index (χ3n) is 3.97. The summed E-state index contributed by atoms with van der Waals surface area (Å²) in [5, 5.41) is 5.16. The van der Waals surface area contributed by atoms with Crippen molar-refractivity contribution in [3.05, 3.63) is 52.0 Å². The van der Waals surface area contributed by atoms with Crippen molar-refractivity contribution in [2.75, 3.05) is 11.4 Å². The molecule has 1 heterocycles. The molecule has 134 valence electrons. The molecule has 25 heavy (non-hydrogen) atoms. The van der Waals surface area contributed by atoms with Gasteiger partial charge in [-0.05, 0) is 48.4 Å². The SMILES string of the molecule is NS(=O)(=O)c1ccc2c(c1)CCN2Cc1cc(Br)ccc1OC(F)F. The number of nitrogens with two attached hydrogens (primary N) is 1. The maximum absolute atomic E-state index is 12.6. The summed E-state index contributed by atoms with van der Waals surface area (Å²) in [5.41, 5.74) is 2.33. The molecule has 2 aromatic rings. The van der Waals surface area contributed by atoms with Gasteiger partial charge in [0.2, 0.25) is 10.0 Å². The zero-order chi connectivity index (χ0) is 18.2. The zero-order valence-electron chi connectivity index (χ0n) is 13.0. The van der Waals surface area contributed by atoms with Crippen molar-refractivity contribution in [1.82, 2.24) is 0 Å². The van der Waals surface area contributed by atoms with Gasteiger partial charge in [-0.2, -0.15) is 8.78 Å².